The number of rotatable bonds is 6. The van der Waals surface area contributed by atoms with Gasteiger partial charge in [0.05, 0.1) is 41.4 Å². The predicted octanol–water partition coefficient (Wildman–Crippen LogP) is 2.93. The monoisotopic (exact) mass is 541 g/mol. The molecule has 0 radical (unpaired) electrons. The number of nitrogens with one attached hydrogen (secondary N) is 1. The average Bonchev–Trinajstić information content (AvgIpc) is 3.54. The third-order valence-corrected chi connectivity index (χ3v) is 9.77. The zero-order valence-corrected chi connectivity index (χ0v) is 22.7. The average molecular weight is 542 g/mol. The van der Waals surface area contributed by atoms with E-state index in [2.05, 4.69) is 33.1 Å². The summed E-state index contributed by atoms with van der Waals surface area (Å²) in [5.74, 6) is 1.66. The molecule has 37 heavy (non-hydrogen) atoms. The first-order valence-electron chi connectivity index (χ1n) is 12.6. The summed E-state index contributed by atoms with van der Waals surface area (Å²) >= 11 is 1.75. The molecule has 0 amide bonds. The lowest BCUT2D eigenvalue weighted by Crippen LogP contribution is -2.44. The van der Waals surface area contributed by atoms with Crippen molar-refractivity contribution in [2.24, 2.45) is 0 Å². The fraction of sp³-hybridized carbons (Fsp3) is 0.480. The van der Waals surface area contributed by atoms with Gasteiger partial charge in [0.2, 0.25) is 10.0 Å². The molecular weight excluding hydrogens is 510 g/mol. The van der Waals surface area contributed by atoms with Crippen molar-refractivity contribution >= 4 is 48.3 Å². The first-order valence-corrected chi connectivity index (χ1v) is 15.2. The Hall–Kier alpha value is -2.64. The van der Waals surface area contributed by atoms with Crippen LogP contribution in [0.2, 0.25) is 0 Å². The molecular formula is C25H31N7O3S2. The van der Waals surface area contributed by atoms with Gasteiger partial charge in [-0.15, -0.1) is 11.3 Å². The number of benzene rings is 1. The van der Waals surface area contributed by atoms with Gasteiger partial charge in [-0.3, -0.25) is 10.00 Å². The van der Waals surface area contributed by atoms with Crippen LogP contribution in [-0.4, -0.2) is 96.5 Å². The molecule has 1 N–H and O–H groups in total. The molecule has 0 saturated carbocycles. The number of anilines is 1. The molecule has 12 heteroatoms. The maximum absolute atomic E-state index is 11.9. The zero-order chi connectivity index (χ0) is 25.6. The first kappa shape index (κ1) is 24.7. The second-order valence-electron chi connectivity index (χ2n) is 9.84. The molecule has 1 aromatic carbocycles. The van der Waals surface area contributed by atoms with Crippen molar-refractivity contribution in [3.05, 3.63) is 35.3 Å². The number of hydrogen-bond acceptors (Lipinski definition) is 9. The number of fused-ring (bicyclic) bond motifs is 2. The van der Waals surface area contributed by atoms with Crippen molar-refractivity contribution in [3.63, 3.8) is 0 Å². The molecule has 6 rings (SSSR count). The number of piperidine rings is 1. The Morgan fingerprint density at radius 2 is 1.95 bits per heavy atom. The van der Waals surface area contributed by atoms with Gasteiger partial charge in [0.25, 0.3) is 0 Å². The SMILES string of the molecule is CN(Cc1cc2nc(-c3cccc4[nH]ncc34)nc(N3CCOCC3)c2s1)C1CCN(S(C)(=O)=O)CC1. The first-order chi connectivity index (χ1) is 17.9. The van der Waals surface area contributed by atoms with E-state index in [0.29, 0.717) is 38.2 Å². The molecule has 0 atom stereocenters. The van der Waals surface area contributed by atoms with Gasteiger partial charge in [-0.1, -0.05) is 12.1 Å². The Bertz CT molecular complexity index is 1520. The van der Waals surface area contributed by atoms with E-state index in [1.807, 2.05) is 24.4 Å². The highest BCUT2D eigenvalue weighted by molar-refractivity contribution is 7.88. The number of sulfonamides is 1. The van der Waals surface area contributed by atoms with Crippen molar-refractivity contribution in [3.8, 4) is 11.4 Å². The van der Waals surface area contributed by atoms with Gasteiger partial charge in [0, 0.05) is 54.6 Å². The van der Waals surface area contributed by atoms with Crippen LogP contribution in [0, 0.1) is 0 Å². The Morgan fingerprint density at radius 1 is 1.16 bits per heavy atom. The van der Waals surface area contributed by atoms with E-state index in [-0.39, 0.29) is 0 Å². The molecule has 10 nitrogen and oxygen atoms in total. The van der Waals surface area contributed by atoms with Crippen LogP contribution in [0.4, 0.5) is 5.82 Å². The van der Waals surface area contributed by atoms with Gasteiger partial charge in [-0.2, -0.15) is 5.10 Å². The standard InChI is InChI=1S/C25H31N7O3S2/c1-30(17-6-8-32(9-7-17)37(2,33)34)16-18-14-22-23(36-18)25(31-10-12-35-13-11-31)28-24(27-22)19-4-3-5-21-20(19)15-26-29-21/h3-5,14-15,17H,6-13,16H2,1-2H3,(H,26,29). The fourth-order valence-electron chi connectivity index (χ4n) is 5.30. The van der Waals surface area contributed by atoms with Crippen molar-refractivity contribution in [1.29, 1.82) is 0 Å². The number of ether oxygens (including phenoxy) is 1. The summed E-state index contributed by atoms with van der Waals surface area (Å²) in [7, 11) is -0.992. The molecule has 2 aliphatic heterocycles. The molecule has 0 unspecified atom stereocenters. The molecule has 2 fully saturated rings. The third-order valence-electron chi connectivity index (χ3n) is 7.36. The maximum Gasteiger partial charge on any atom is 0.211 e. The predicted molar refractivity (Wildman–Crippen MR) is 146 cm³/mol. The zero-order valence-electron chi connectivity index (χ0n) is 21.1. The van der Waals surface area contributed by atoms with E-state index in [0.717, 1.165) is 65.0 Å². The van der Waals surface area contributed by atoms with Crippen LogP contribution in [0.25, 0.3) is 32.5 Å². The summed E-state index contributed by atoms with van der Waals surface area (Å²) in [4.78, 5) is 16.0. The number of aromatic nitrogens is 4. The molecule has 0 bridgehead atoms. The van der Waals surface area contributed by atoms with E-state index in [1.54, 1.807) is 15.6 Å². The molecule has 5 heterocycles. The highest BCUT2D eigenvalue weighted by atomic mass is 32.2. The Kier molecular flexibility index (Phi) is 6.61. The van der Waals surface area contributed by atoms with Crippen LogP contribution in [0.15, 0.2) is 30.5 Å². The lowest BCUT2D eigenvalue weighted by atomic mass is 10.1. The number of morpholine rings is 1. The fourth-order valence-corrected chi connectivity index (χ4v) is 7.35. The summed E-state index contributed by atoms with van der Waals surface area (Å²) in [6.45, 7) is 4.92. The highest BCUT2D eigenvalue weighted by Crippen LogP contribution is 2.36. The van der Waals surface area contributed by atoms with Gasteiger partial charge < -0.3 is 9.64 Å². The topological polar surface area (TPSA) is 108 Å². The summed E-state index contributed by atoms with van der Waals surface area (Å²) in [6, 6.07) is 8.59. The Morgan fingerprint density at radius 3 is 2.70 bits per heavy atom. The van der Waals surface area contributed by atoms with Gasteiger partial charge in [0.1, 0.15) is 0 Å². The number of hydrogen-bond donors (Lipinski definition) is 1. The van der Waals surface area contributed by atoms with E-state index in [1.165, 1.54) is 11.1 Å². The number of H-pyrrole nitrogens is 1. The highest BCUT2D eigenvalue weighted by Gasteiger charge is 2.28. The van der Waals surface area contributed by atoms with Crippen LogP contribution in [0.3, 0.4) is 0 Å². The summed E-state index contributed by atoms with van der Waals surface area (Å²) in [6.07, 6.45) is 4.80. The normalized spacial score (nSPS) is 18.4. The van der Waals surface area contributed by atoms with Crippen molar-refractivity contribution in [1.82, 2.24) is 29.4 Å². The number of nitrogens with zero attached hydrogens (tertiary/aromatic N) is 6. The van der Waals surface area contributed by atoms with E-state index < -0.39 is 10.0 Å². The summed E-state index contributed by atoms with van der Waals surface area (Å²) in [5.41, 5.74) is 2.88. The summed E-state index contributed by atoms with van der Waals surface area (Å²) in [5, 5.41) is 8.26. The minimum Gasteiger partial charge on any atom is -0.378 e. The second kappa shape index (κ2) is 9.91. The number of aromatic amines is 1. The second-order valence-corrected chi connectivity index (χ2v) is 13.0. The van der Waals surface area contributed by atoms with Gasteiger partial charge in [-0.25, -0.2) is 22.7 Å². The van der Waals surface area contributed by atoms with Gasteiger partial charge in [-0.05, 0) is 32.0 Å². The Labute approximate surface area is 220 Å². The smallest absolute Gasteiger partial charge is 0.211 e. The third kappa shape index (κ3) is 4.96. The molecule has 0 aliphatic carbocycles. The van der Waals surface area contributed by atoms with E-state index in [4.69, 9.17) is 14.7 Å². The minimum atomic E-state index is -3.12. The van der Waals surface area contributed by atoms with Gasteiger partial charge >= 0.3 is 0 Å². The quantitative estimate of drug-likeness (QED) is 0.397. The molecule has 0 spiro atoms. The number of thiophene rings is 1. The van der Waals surface area contributed by atoms with Crippen LogP contribution in [0.1, 0.15) is 17.7 Å². The molecule has 4 aromatic rings. The van der Waals surface area contributed by atoms with E-state index >= 15 is 0 Å². The van der Waals surface area contributed by atoms with Crippen molar-refractivity contribution in [2.75, 3.05) is 57.6 Å². The van der Waals surface area contributed by atoms with Crippen LogP contribution >= 0.6 is 11.3 Å². The lowest BCUT2D eigenvalue weighted by molar-refractivity contribution is 0.122. The molecule has 2 aliphatic rings. The van der Waals surface area contributed by atoms with Gasteiger partial charge in [0.15, 0.2) is 11.6 Å². The largest absolute Gasteiger partial charge is 0.378 e. The molecule has 2 saturated heterocycles. The van der Waals surface area contributed by atoms with Crippen LogP contribution < -0.4 is 4.90 Å². The lowest BCUT2D eigenvalue weighted by Gasteiger charge is -2.35. The summed E-state index contributed by atoms with van der Waals surface area (Å²) < 4.78 is 32.1. The van der Waals surface area contributed by atoms with E-state index in [9.17, 15) is 8.42 Å². The Balaban J connectivity index is 1.32. The molecule has 196 valence electrons. The maximum atomic E-state index is 11.9. The van der Waals surface area contributed by atoms with Crippen LogP contribution in [-0.2, 0) is 21.3 Å². The van der Waals surface area contributed by atoms with Crippen molar-refractivity contribution in [2.45, 2.75) is 25.4 Å². The minimum absolute atomic E-state index is 0.349. The van der Waals surface area contributed by atoms with Crippen LogP contribution in [0.5, 0.6) is 0 Å². The van der Waals surface area contributed by atoms with Crippen molar-refractivity contribution < 1.29 is 13.2 Å². The molecule has 3 aromatic heterocycles.